The molecular weight excluding hydrogens is 737 g/mol. The van der Waals surface area contributed by atoms with Gasteiger partial charge >= 0.3 is 0 Å². The van der Waals surface area contributed by atoms with Crippen molar-refractivity contribution in [1.82, 2.24) is 10.6 Å². The highest BCUT2D eigenvalue weighted by atomic mass is 32.2. The van der Waals surface area contributed by atoms with E-state index in [2.05, 4.69) is 24.5 Å². The summed E-state index contributed by atoms with van der Waals surface area (Å²) in [5.41, 5.74) is 0. The molecule has 0 radical (unpaired) electrons. The van der Waals surface area contributed by atoms with Crippen LogP contribution in [0, 0.1) is 3.14 Å². The van der Waals surface area contributed by atoms with Gasteiger partial charge in [-0.3, -0.25) is 9.59 Å². The second-order valence-corrected chi connectivity index (χ2v) is 20.6. The molecule has 0 bridgehead atoms. The third-order valence-corrected chi connectivity index (χ3v) is 15.5. The first-order valence-corrected chi connectivity index (χ1v) is 26.0. The molecule has 1 aromatic heterocycles. The lowest BCUT2D eigenvalue weighted by Gasteiger charge is -2.07. The van der Waals surface area contributed by atoms with Crippen LogP contribution in [0.25, 0.3) is 0 Å². The van der Waals surface area contributed by atoms with Crippen molar-refractivity contribution in [2.45, 2.75) is 228 Å². The van der Waals surface area contributed by atoms with E-state index in [9.17, 15) is 9.59 Å². The fraction of sp³-hybridized carbons (Fsp3) is 0.884. The van der Waals surface area contributed by atoms with Crippen LogP contribution in [0.15, 0.2) is 8.42 Å². The molecule has 0 aliphatic carbocycles. The van der Waals surface area contributed by atoms with Gasteiger partial charge in [0.05, 0.1) is 19.9 Å². The largest absolute Gasteiger partial charge is 0.355 e. The summed E-state index contributed by atoms with van der Waals surface area (Å²) in [5, 5.41) is 6.19. The van der Waals surface area contributed by atoms with Crippen LogP contribution in [0.5, 0.6) is 0 Å². The summed E-state index contributed by atoms with van der Waals surface area (Å²) >= 11 is 11.7. The Morgan fingerprint density at radius 1 is 0.423 bits per heavy atom. The van der Waals surface area contributed by atoms with Crippen LogP contribution in [0.4, 0.5) is 0 Å². The van der Waals surface area contributed by atoms with E-state index in [0.717, 1.165) is 37.5 Å². The Morgan fingerprint density at radius 2 is 0.654 bits per heavy atom. The molecule has 0 aliphatic heterocycles. The molecule has 0 aromatic carbocycles. The zero-order chi connectivity index (χ0) is 37.6. The maximum Gasteiger partial charge on any atom is 0.230 e. The van der Waals surface area contributed by atoms with E-state index in [4.69, 9.17) is 12.2 Å². The van der Waals surface area contributed by atoms with E-state index in [0.29, 0.717) is 11.5 Å². The van der Waals surface area contributed by atoms with Crippen molar-refractivity contribution < 1.29 is 9.59 Å². The van der Waals surface area contributed by atoms with Gasteiger partial charge in [-0.25, -0.2) is 0 Å². The van der Waals surface area contributed by atoms with Crippen molar-refractivity contribution in [3.8, 4) is 0 Å². The van der Waals surface area contributed by atoms with Gasteiger partial charge < -0.3 is 10.6 Å². The van der Waals surface area contributed by atoms with Crippen LogP contribution in [-0.4, -0.2) is 36.4 Å². The smallest absolute Gasteiger partial charge is 0.230 e. The van der Waals surface area contributed by atoms with Crippen LogP contribution in [0.2, 0.25) is 0 Å². The maximum atomic E-state index is 12.5. The van der Waals surface area contributed by atoms with E-state index in [1.54, 1.807) is 46.2 Å². The quantitative estimate of drug-likeness (QED) is 0.0392. The van der Waals surface area contributed by atoms with Crippen molar-refractivity contribution in [3.63, 3.8) is 0 Å². The minimum atomic E-state index is 0.0859. The Kier molecular flexibility index (Phi) is 37.6. The molecule has 0 saturated carbocycles. The fourth-order valence-electron chi connectivity index (χ4n) is 6.60. The first-order valence-electron chi connectivity index (χ1n) is 22.0. The Bertz CT molecular complexity index is 924. The van der Waals surface area contributed by atoms with Crippen LogP contribution in [-0.2, 0) is 9.59 Å². The highest BCUT2D eigenvalue weighted by Gasteiger charge is 2.13. The van der Waals surface area contributed by atoms with Crippen molar-refractivity contribution in [3.05, 3.63) is 3.14 Å². The minimum Gasteiger partial charge on any atom is -0.355 e. The predicted octanol–water partition coefficient (Wildman–Crippen LogP) is 15.5. The molecule has 1 aromatic rings. The lowest BCUT2D eigenvalue weighted by Crippen LogP contribution is -2.26. The predicted molar refractivity (Wildman–Crippen MR) is 240 cm³/mol. The molecule has 0 atom stereocenters. The van der Waals surface area contributed by atoms with Crippen LogP contribution in [0.1, 0.15) is 219 Å². The van der Waals surface area contributed by atoms with Gasteiger partial charge in [0, 0.05) is 13.1 Å². The summed E-state index contributed by atoms with van der Waals surface area (Å²) in [7, 11) is 0. The fourth-order valence-corrected chi connectivity index (χ4v) is 12.4. The minimum absolute atomic E-state index is 0.0859. The lowest BCUT2D eigenvalue weighted by molar-refractivity contribution is -0.119. The van der Waals surface area contributed by atoms with Crippen LogP contribution < -0.4 is 10.6 Å². The Labute approximate surface area is 343 Å². The van der Waals surface area contributed by atoms with Gasteiger partial charge in [-0.2, -0.15) is 0 Å². The average Bonchev–Trinajstić information content (AvgIpc) is 3.51. The standard InChI is InChI=1S/C43H80N2O2S5/c1-3-5-7-9-11-13-15-17-19-21-23-25-27-29-31-33-35-44-39(46)37-49-41-42(52-43(48)51-41)50-38-40(47)45-36-34-32-30-28-26-24-22-20-18-16-14-12-10-8-6-4-2/h3-38H2,1-2H3,(H,44,46)(H,45,47). The monoisotopic (exact) mass is 816 g/mol. The van der Waals surface area contributed by atoms with E-state index in [-0.39, 0.29) is 11.8 Å². The first-order chi connectivity index (χ1) is 25.6. The zero-order valence-electron chi connectivity index (χ0n) is 33.8. The van der Waals surface area contributed by atoms with Crippen LogP contribution >= 0.6 is 58.4 Å². The molecule has 304 valence electrons. The van der Waals surface area contributed by atoms with Gasteiger partial charge in [0.25, 0.3) is 0 Å². The van der Waals surface area contributed by atoms with Crippen molar-refractivity contribution in [1.29, 1.82) is 0 Å². The van der Waals surface area contributed by atoms with E-state index >= 15 is 0 Å². The Morgan fingerprint density at radius 3 is 0.904 bits per heavy atom. The number of carbonyl (C=O) groups is 2. The third-order valence-electron chi connectivity index (χ3n) is 9.89. The first kappa shape index (κ1) is 49.9. The lowest BCUT2D eigenvalue weighted by atomic mass is 10.0. The summed E-state index contributed by atoms with van der Waals surface area (Å²) in [6.45, 7) is 6.10. The molecule has 4 nitrogen and oxygen atoms in total. The average molecular weight is 817 g/mol. The molecule has 1 rings (SSSR count). The molecular formula is C43H80N2O2S5. The Hall–Kier alpha value is -0.0900. The molecule has 0 unspecified atom stereocenters. The number of thioether (sulfide) groups is 2. The van der Waals surface area contributed by atoms with Crippen molar-refractivity contribution >= 4 is 70.2 Å². The number of nitrogens with one attached hydrogen (secondary N) is 2. The summed E-state index contributed by atoms with van der Waals surface area (Å²) in [6.07, 6.45) is 43.4. The number of carbonyl (C=O) groups excluding carboxylic acids is 2. The second-order valence-electron chi connectivity index (χ2n) is 14.9. The van der Waals surface area contributed by atoms with Gasteiger partial charge in [-0.05, 0) is 12.8 Å². The van der Waals surface area contributed by atoms with Gasteiger partial charge in [-0.1, -0.05) is 219 Å². The normalized spacial score (nSPS) is 11.3. The van der Waals surface area contributed by atoms with Gasteiger partial charge in [0.2, 0.25) is 11.8 Å². The number of rotatable bonds is 40. The van der Waals surface area contributed by atoms with Crippen molar-refractivity contribution in [2.24, 2.45) is 0 Å². The van der Waals surface area contributed by atoms with Gasteiger partial charge in [-0.15, -0.1) is 46.2 Å². The van der Waals surface area contributed by atoms with Gasteiger partial charge in [0.15, 0.2) is 0 Å². The maximum absolute atomic E-state index is 12.5. The number of unbranched alkanes of at least 4 members (excludes halogenated alkanes) is 30. The molecule has 0 spiro atoms. The number of amides is 2. The highest BCUT2D eigenvalue weighted by Crippen LogP contribution is 2.40. The molecule has 0 saturated heterocycles. The summed E-state index contributed by atoms with van der Waals surface area (Å²) in [4.78, 5) is 24.9. The summed E-state index contributed by atoms with van der Waals surface area (Å²) in [5.74, 6) is 0.977. The topological polar surface area (TPSA) is 58.2 Å². The molecule has 0 aliphatic rings. The highest BCUT2D eigenvalue weighted by molar-refractivity contribution is 8.05. The molecule has 1 heterocycles. The molecule has 9 heteroatoms. The molecule has 2 amide bonds. The SMILES string of the molecule is CCCCCCCCCCCCCCCCCCNC(=O)CSc1sc(=S)sc1SCC(=O)NCCCCCCCCCCCCCCCCCC. The number of hydrogen-bond donors (Lipinski definition) is 2. The van der Waals surface area contributed by atoms with E-state index < -0.39 is 0 Å². The third kappa shape index (κ3) is 33.3. The van der Waals surface area contributed by atoms with Crippen molar-refractivity contribution in [2.75, 3.05) is 24.6 Å². The summed E-state index contributed by atoms with van der Waals surface area (Å²) in [6, 6.07) is 0. The zero-order valence-corrected chi connectivity index (χ0v) is 37.9. The van der Waals surface area contributed by atoms with E-state index in [1.807, 2.05) is 0 Å². The van der Waals surface area contributed by atoms with E-state index in [1.165, 1.54) is 193 Å². The molecule has 2 N–H and O–H groups in total. The van der Waals surface area contributed by atoms with Gasteiger partial charge in [0.1, 0.15) is 3.14 Å². The second kappa shape index (κ2) is 39.2. The van der Waals surface area contributed by atoms with Crippen LogP contribution in [0.3, 0.4) is 0 Å². The molecule has 52 heavy (non-hydrogen) atoms. The molecule has 0 fully saturated rings. The number of hydrogen-bond acceptors (Lipinski definition) is 7. The Balaban J connectivity index is 1.95. The summed E-state index contributed by atoms with van der Waals surface area (Å²) < 4.78 is 3.00.